The number of fused-ring (bicyclic) bond motifs is 1. The van der Waals surface area contributed by atoms with Crippen LogP contribution in [0.15, 0.2) is 12.1 Å². The molecule has 1 aromatic carbocycles. The highest BCUT2D eigenvalue weighted by Crippen LogP contribution is 2.29. The third-order valence-corrected chi connectivity index (χ3v) is 2.25. The standard InChI is InChI=1S/C10H7F2NO3/c11-10(12)16-8-2-5(4-14)1-6-7(8)3-13-9(6)15/h1-2,4,10H,3H2,(H,13,15). The fraction of sp³-hybridized carbons (Fsp3) is 0.200. The first kappa shape index (κ1) is 10.5. The van der Waals surface area contributed by atoms with E-state index in [0.29, 0.717) is 11.8 Å². The zero-order valence-electron chi connectivity index (χ0n) is 8.00. The van der Waals surface area contributed by atoms with E-state index in [9.17, 15) is 18.4 Å². The molecule has 16 heavy (non-hydrogen) atoms. The highest BCUT2D eigenvalue weighted by atomic mass is 19.3. The molecule has 0 aromatic heterocycles. The lowest BCUT2D eigenvalue weighted by Crippen LogP contribution is -2.12. The van der Waals surface area contributed by atoms with Crippen LogP contribution in [-0.2, 0) is 6.54 Å². The van der Waals surface area contributed by atoms with Crippen LogP contribution >= 0.6 is 0 Å². The van der Waals surface area contributed by atoms with Gasteiger partial charge in [-0.1, -0.05) is 0 Å². The fourth-order valence-corrected chi connectivity index (χ4v) is 1.58. The molecule has 0 unspecified atom stereocenters. The Labute approximate surface area is 89.2 Å². The van der Waals surface area contributed by atoms with E-state index in [2.05, 4.69) is 10.1 Å². The van der Waals surface area contributed by atoms with Crippen LogP contribution < -0.4 is 10.1 Å². The Hall–Kier alpha value is -1.98. The van der Waals surface area contributed by atoms with Crippen LogP contribution in [0.5, 0.6) is 5.75 Å². The quantitative estimate of drug-likeness (QED) is 0.793. The lowest BCUT2D eigenvalue weighted by atomic mass is 10.1. The van der Waals surface area contributed by atoms with E-state index in [1.54, 1.807) is 0 Å². The van der Waals surface area contributed by atoms with Gasteiger partial charge in [-0.15, -0.1) is 0 Å². The van der Waals surface area contributed by atoms with E-state index in [-0.39, 0.29) is 23.4 Å². The summed E-state index contributed by atoms with van der Waals surface area (Å²) < 4.78 is 28.5. The molecule has 0 saturated heterocycles. The average molecular weight is 227 g/mol. The van der Waals surface area contributed by atoms with Crippen molar-refractivity contribution in [2.24, 2.45) is 0 Å². The first-order chi connectivity index (χ1) is 7.61. The van der Waals surface area contributed by atoms with Crippen molar-refractivity contribution in [3.63, 3.8) is 0 Å². The summed E-state index contributed by atoms with van der Waals surface area (Å²) >= 11 is 0. The molecule has 0 aliphatic carbocycles. The molecule has 2 rings (SSSR count). The van der Waals surface area contributed by atoms with E-state index >= 15 is 0 Å². The van der Waals surface area contributed by atoms with E-state index in [4.69, 9.17) is 0 Å². The number of halogens is 2. The molecule has 0 bridgehead atoms. The number of aldehydes is 1. The second-order valence-corrected chi connectivity index (χ2v) is 3.22. The van der Waals surface area contributed by atoms with Gasteiger partial charge in [0.2, 0.25) is 0 Å². The van der Waals surface area contributed by atoms with Crippen LogP contribution in [0, 0.1) is 0 Å². The molecule has 0 radical (unpaired) electrons. The summed E-state index contributed by atoms with van der Waals surface area (Å²) in [7, 11) is 0. The molecule has 1 aliphatic heterocycles. The van der Waals surface area contributed by atoms with E-state index in [1.165, 1.54) is 12.1 Å². The Bertz CT molecular complexity index is 460. The number of rotatable bonds is 3. The van der Waals surface area contributed by atoms with Crippen molar-refractivity contribution in [3.05, 3.63) is 28.8 Å². The summed E-state index contributed by atoms with van der Waals surface area (Å²) in [5.41, 5.74) is 0.697. The molecule has 1 amide bonds. The third kappa shape index (κ3) is 1.73. The molecular weight excluding hydrogens is 220 g/mol. The number of carbonyl (C=O) groups is 2. The van der Waals surface area contributed by atoms with Gasteiger partial charge in [0.25, 0.3) is 5.91 Å². The summed E-state index contributed by atoms with van der Waals surface area (Å²) in [4.78, 5) is 21.9. The Balaban J connectivity index is 2.51. The number of hydrogen-bond acceptors (Lipinski definition) is 3. The largest absolute Gasteiger partial charge is 0.434 e. The fourth-order valence-electron chi connectivity index (χ4n) is 1.58. The summed E-state index contributed by atoms with van der Waals surface area (Å²) in [6, 6.07) is 2.54. The molecule has 0 fully saturated rings. The van der Waals surface area contributed by atoms with Crippen LogP contribution in [0.1, 0.15) is 26.3 Å². The van der Waals surface area contributed by atoms with Gasteiger partial charge in [0.1, 0.15) is 12.0 Å². The molecule has 4 nitrogen and oxygen atoms in total. The van der Waals surface area contributed by atoms with Crippen LogP contribution in [-0.4, -0.2) is 18.8 Å². The molecule has 1 heterocycles. The van der Waals surface area contributed by atoms with Gasteiger partial charge in [0.05, 0.1) is 0 Å². The zero-order chi connectivity index (χ0) is 11.7. The van der Waals surface area contributed by atoms with Crippen LogP contribution in [0.2, 0.25) is 0 Å². The van der Waals surface area contributed by atoms with Gasteiger partial charge in [0, 0.05) is 23.2 Å². The molecule has 6 heteroatoms. The molecule has 1 N–H and O–H groups in total. The predicted molar refractivity (Wildman–Crippen MR) is 49.6 cm³/mol. The maximum Gasteiger partial charge on any atom is 0.387 e. The highest BCUT2D eigenvalue weighted by Gasteiger charge is 2.24. The molecule has 1 aromatic rings. The summed E-state index contributed by atoms with van der Waals surface area (Å²) in [6.45, 7) is -2.85. The first-order valence-electron chi connectivity index (χ1n) is 4.47. The monoisotopic (exact) mass is 227 g/mol. The van der Waals surface area contributed by atoms with Gasteiger partial charge in [-0.2, -0.15) is 8.78 Å². The maximum absolute atomic E-state index is 12.1. The molecule has 0 atom stereocenters. The van der Waals surface area contributed by atoms with Crippen molar-refractivity contribution in [3.8, 4) is 5.75 Å². The third-order valence-electron chi connectivity index (χ3n) is 2.25. The van der Waals surface area contributed by atoms with Crippen molar-refractivity contribution >= 4 is 12.2 Å². The molecule has 0 saturated carbocycles. The Morgan fingerprint density at radius 2 is 2.19 bits per heavy atom. The second kappa shape index (κ2) is 3.88. The van der Waals surface area contributed by atoms with Crippen LogP contribution in [0.25, 0.3) is 0 Å². The highest BCUT2D eigenvalue weighted by molar-refractivity contribution is 6.00. The van der Waals surface area contributed by atoms with E-state index in [0.717, 1.165) is 0 Å². The van der Waals surface area contributed by atoms with Crippen LogP contribution in [0.4, 0.5) is 8.78 Å². The Morgan fingerprint density at radius 3 is 2.81 bits per heavy atom. The smallest absolute Gasteiger partial charge is 0.387 e. The number of nitrogens with one attached hydrogen (secondary N) is 1. The molecule has 1 aliphatic rings. The normalized spacial score (nSPS) is 13.6. The second-order valence-electron chi connectivity index (χ2n) is 3.22. The first-order valence-corrected chi connectivity index (χ1v) is 4.47. The SMILES string of the molecule is O=Cc1cc(OC(F)F)c2c(c1)C(=O)NC2. The predicted octanol–water partition coefficient (Wildman–Crippen LogP) is 1.34. The number of ether oxygens (including phenoxy) is 1. The minimum atomic E-state index is -2.98. The summed E-state index contributed by atoms with van der Waals surface area (Å²) in [5.74, 6) is -0.522. The minimum Gasteiger partial charge on any atom is -0.434 e. The van der Waals surface area contributed by atoms with E-state index in [1.807, 2.05) is 0 Å². The molecular formula is C10H7F2NO3. The van der Waals surface area contributed by atoms with Gasteiger partial charge >= 0.3 is 6.61 Å². The van der Waals surface area contributed by atoms with Crippen molar-refractivity contribution in [1.82, 2.24) is 5.32 Å². The Kier molecular flexibility index (Phi) is 2.55. The Morgan fingerprint density at radius 1 is 1.44 bits per heavy atom. The zero-order valence-corrected chi connectivity index (χ0v) is 8.00. The lowest BCUT2D eigenvalue weighted by Gasteiger charge is -2.09. The van der Waals surface area contributed by atoms with Gasteiger partial charge in [-0.05, 0) is 12.1 Å². The topological polar surface area (TPSA) is 55.4 Å². The van der Waals surface area contributed by atoms with Gasteiger partial charge in [0.15, 0.2) is 0 Å². The number of benzene rings is 1. The summed E-state index contributed by atoms with van der Waals surface area (Å²) in [6.07, 6.45) is 0.476. The average Bonchev–Trinajstić information content (AvgIpc) is 2.60. The van der Waals surface area contributed by atoms with Crippen molar-refractivity contribution in [2.75, 3.05) is 0 Å². The molecule has 84 valence electrons. The maximum atomic E-state index is 12.1. The number of hydrogen-bond donors (Lipinski definition) is 1. The van der Waals surface area contributed by atoms with Gasteiger partial charge < -0.3 is 10.1 Å². The molecule has 0 spiro atoms. The summed E-state index contributed by atoms with van der Waals surface area (Å²) in [5, 5.41) is 2.47. The van der Waals surface area contributed by atoms with E-state index < -0.39 is 12.5 Å². The minimum absolute atomic E-state index is 0.131. The van der Waals surface area contributed by atoms with Crippen molar-refractivity contribution in [2.45, 2.75) is 13.2 Å². The van der Waals surface area contributed by atoms with Gasteiger partial charge in [-0.3, -0.25) is 9.59 Å². The lowest BCUT2D eigenvalue weighted by molar-refractivity contribution is -0.0504. The van der Waals surface area contributed by atoms with Crippen molar-refractivity contribution in [1.29, 1.82) is 0 Å². The van der Waals surface area contributed by atoms with Crippen molar-refractivity contribution < 1.29 is 23.1 Å². The number of amides is 1. The van der Waals surface area contributed by atoms with Gasteiger partial charge in [-0.25, -0.2) is 0 Å². The number of carbonyl (C=O) groups excluding carboxylic acids is 2. The van der Waals surface area contributed by atoms with Crippen LogP contribution in [0.3, 0.4) is 0 Å². The number of alkyl halides is 2.